The summed E-state index contributed by atoms with van der Waals surface area (Å²) in [6, 6.07) is 7.16. The molecule has 0 aromatic heterocycles. The molecule has 0 heterocycles. The zero-order valence-electron chi connectivity index (χ0n) is 19.6. The number of allylic oxidation sites excluding steroid dienone is 2. The van der Waals surface area contributed by atoms with E-state index in [4.69, 9.17) is 5.26 Å². The normalized spacial score (nSPS) is 26.7. The summed E-state index contributed by atoms with van der Waals surface area (Å²) in [6.07, 6.45) is 13.6. The second kappa shape index (κ2) is 12.6. The molecule has 0 atom stereocenters. The van der Waals surface area contributed by atoms with E-state index < -0.39 is 17.6 Å². The van der Waals surface area contributed by atoms with Crippen molar-refractivity contribution in [1.82, 2.24) is 0 Å². The van der Waals surface area contributed by atoms with Gasteiger partial charge >= 0.3 is 6.18 Å². The highest BCUT2D eigenvalue weighted by Crippen LogP contribution is 2.43. The molecule has 1 nitrogen and oxygen atoms in total. The van der Waals surface area contributed by atoms with Crippen LogP contribution in [0.15, 0.2) is 36.2 Å². The van der Waals surface area contributed by atoms with Crippen LogP contribution in [0.5, 0.6) is 0 Å². The molecule has 0 spiro atoms. The van der Waals surface area contributed by atoms with Gasteiger partial charge in [0.15, 0.2) is 5.83 Å². The van der Waals surface area contributed by atoms with Crippen LogP contribution in [-0.2, 0) is 12.6 Å². The Kier molecular flexibility index (Phi) is 9.83. The van der Waals surface area contributed by atoms with Crippen molar-refractivity contribution in [2.45, 2.75) is 96.1 Å². The van der Waals surface area contributed by atoms with E-state index in [0.717, 1.165) is 49.0 Å². The number of nitrogens with zero attached hydrogens (tertiary/aromatic N) is 1. The maximum atomic E-state index is 12.9. The van der Waals surface area contributed by atoms with Crippen molar-refractivity contribution in [3.8, 4) is 6.07 Å². The van der Waals surface area contributed by atoms with Gasteiger partial charge in [-0.3, -0.25) is 0 Å². The number of unbranched alkanes of at least 4 members (excludes halogenated alkanes) is 1. The minimum absolute atomic E-state index is 0.570. The first-order valence-corrected chi connectivity index (χ1v) is 12.8. The Labute approximate surface area is 196 Å². The van der Waals surface area contributed by atoms with Crippen LogP contribution in [0.3, 0.4) is 0 Å². The summed E-state index contributed by atoms with van der Waals surface area (Å²) in [7, 11) is 0. The second-order valence-electron chi connectivity index (χ2n) is 10.2. The summed E-state index contributed by atoms with van der Waals surface area (Å²) in [6.45, 7) is 0. The molecule has 1 aromatic rings. The fourth-order valence-corrected chi connectivity index (χ4v) is 6.01. The molecule has 2 saturated carbocycles. The Morgan fingerprint density at radius 1 is 0.848 bits per heavy atom. The van der Waals surface area contributed by atoms with Crippen molar-refractivity contribution < 1.29 is 17.6 Å². The van der Waals surface area contributed by atoms with Crippen LogP contribution in [0.25, 0.3) is 0 Å². The average molecular weight is 464 g/mol. The lowest BCUT2D eigenvalue weighted by molar-refractivity contribution is -0.137. The predicted molar refractivity (Wildman–Crippen MR) is 124 cm³/mol. The molecule has 2 aliphatic rings. The number of nitriles is 1. The molecule has 0 unspecified atom stereocenters. The lowest BCUT2D eigenvalue weighted by Gasteiger charge is -2.38. The molecule has 0 amide bonds. The molecular weight excluding hydrogens is 426 g/mol. The molecule has 0 aliphatic heterocycles. The molecule has 182 valence electrons. The fourth-order valence-electron chi connectivity index (χ4n) is 6.01. The zero-order valence-corrected chi connectivity index (χ0v) is 19.6. The van der Waals surface area contributed by atoms with Crippen LogP contribution < -0.4 is 0 Å². The van der Waals surface area contributed by atoms with Crippen LogP contribution in [0, 0.1) is 35.0 Å². The Balaban J connectivity index is 1.27. The van der Waals surface area contributed by atoms with Gasteiger partial charge in [0.25, 0.3) is 0 Å². The third kappa shape index (κ3) is 8.47. The van der Waals surface area contributed by atoms with Gasteiger partial charge in [-0.1, -0.05) is 50.7 Å². The molecule has 0 saturated heterocycles. The van der Waals surface area contributed by atoms with Crippen LogP contribution in [0.4, 0.5) is 17.6 Å². The van der Waals surface area contributed by atoms with Crippen LogP contribution >= 0.6 is 0 Å². The molecular formula is C28H37F4N. The van der Waals surface area contributed by atoms with Gasteiger partial charge in [-0.05, 0) is 98.8 Å². The SMILES string of the molecule is N#CC(F)=CCC[C@H]1CC[C@H]([C@H]2CC[C@H](CCCCc3ccc(C(F)(F)F)cc3)CC2)CC1. The van der Waals surface area contributed by atoms with Gasteiger partial charge in [0.05, 0.1) is 5.56 Å². The van der Waals surface area contributed by atoms with Crippen molar-refractivity contribution in [3.05, 3.63) is 47.3 Å². The Bertz CT molecular complexity index is 774. The van der Waals surface area contributed by atoms with Crippen molar-refractivity contribution >= 4 is 0 Å². The smallest absolute Gasteiger partial charge is 0.195 e. The second-order valence-corrected chi connectivity index (χ2v) is 10.2. The molecule has 0 bridgehead atoms. The summed E-state index contributed by atoms with van der Waals surface area (Å²) in [5.74, 6) is 2.57. The highest BCUT2D eigenvalue weighted by atomic mass is 19.4. The summed E-state index contributed by atoms with van der Waals surface area (Å²) in [5.41, 5.74) is 0.424. The Hall–Kier alpha value is -1.83. The van der Waals surface area contributed by atoms with E-state index in [0.29, 0.717) is 12.3 Å². The van der Waals surface area contributed by atoms with E-state index >= 15 is 0 Å². The topological polar surface area (TPSA) is 23.8 Å². The van der Waals surface area contributed by atoms with Crippen molar-refractivity contribution in [2.24, 2.45) is 23.7 Å². The van der Waals surface area contributed by atoms with Crippen molar-refractivity contribution in [3.63, 3.8) is 0 Å². The summed E-state index contributed by atoms with van der Waals surface area (Å²) >= 11 is 0. The Morgan fingerprint density at radius 3 is 1.91 bits per heavy atom. The molecule has 33 heavy (non-hydrogen) atoms. The van der Waals surface area contributed by atoms with Gasteiger partial charge in [0, 0.05) is 0 Å². The third-order valence-electron chi connectivity index (χ3n) is 8.06. The van der Waals surface area contributed by atoms with Gasteiger partial charge < -0.3 is 0 Å². The van der Waals surface area contributed by atoms with Gasteiger partial charge in [-0.25, -0.2) is 0 Å². The van der Waals surface area contributed by atoms with E-state index in [-0.39, 0.29) is 0 Å². The highest BCUT2D eigenvalue weighted by Gasteiger charge is 2.31. The molecule has 2 fully saturated rings. The number of aryl methyl sites for hydroxylation is 1. The van der Waals surface area contributed by atoms with E-state index in [2.05, 4.69) is 0 Å². The van der Waals surface area contributed by atoms with Gasteiger partial charge in [0.2, 0.25) is 0 Å². The van der Waals surface area contributed by atoms with Crippen LogP contribution in [0.2, 0.25) is 0 Å². The summed E-state index contributed by atoms with van der Waals surface area (Å²) in [4.78, 5) is 0. The van der Waals surface area contributed by atoms with E-state index in [1.807, 2.05) is 0 Å². The first-order chi connectivity index (χ1) is 15.8. The molecule has 3 rings (SSSR count). The van der Waals surface area contributed by atoms with E-state index in [1.54, 1.807) is 18.2 Å². The zero-order chi connectivity index (χ0) is 23.7. The van der Waals surface area contributed by atoms with Gasteiger partial charge in [0.1, 0.15) is 6.07 Å². The number of benzene rings is 1. The quantitative estimate of drug-likeness (QED) is 0.203. The van der Waals surface area contributed by atoms with Crippen LogP contribution in [0.1, 0.15) is 94.6 Å². The minimum atomic E-state index is -4.26. The Morgan fingerprint density at radius 2 is 1.39 bits per heavy atom. The molecule has 0 radical (unpaired) electrons. The highest BCUT2D eigenvalue weighted by molar-refractivity contribution is 5.24. The summed E-state index contributed by atoms with van der Waals surface area (Å²) < 4.78 is 50.9. The van der Waals surface area contributed by atoms with E-state index in [9.17, 15) is 17.6 Å². The number of halogens is 4. The number of hydrogen-bond acceptors (Lipinski definition) is 1. The van der Waals surface area contributed by atoms with Crippen molar-refractivity contribution in [1.29, 1.82) is 5.26 Å². The minimum Gasteiger partial charge on any atom is -0.195 e. The maximum Gasteiger partial charge on any atom is 0.416 e. The fraction of sp³-hybridized carbons (Fsp3) is 0.679. The number of alkyl halides is 3. The third-order valence-corrected chi connectivity index (χ3v) is 8.06. The maximum absolute atomic E-state index is 12.9. The molecule has 2 aliphatic carbocycles. The largest absolute Gasteiger partial charge is 0.416 e. The molecule has 0 N–H and O–H groups in total. The lowest BCUT2D eigenvalue weighted by Crippen LogP contribution is -2.25. The van der Waals surface area contributed by atoms with Crippen LogP contribution in [-0.4, -0.2) is 0 Å². The first kappa shape index (κ1) is 25.8. The lowest BCUT2D eigenvalue weighted by atomic mass is 9.68. The standard InChI is InChI=1S/C28H37F4N/c29-27(20-33)7-3-6-23-10-16-25(17-11-23)24-14-8-21(9-15-24)4-1-2-5-22-12-18-26(19-13-22)28(30,31)32/h7,12-13,18-19,21,23-25H,1-6,8-11,14-17H2/t21-,23-,24-,25-. The van der Waals surface area contributed by atoms with E-state index in [1.165, 1.54) is 76.0 Å². The van der Waals surface area contributed by atoms with Gasteiger partial charge in [-0.15, -0.1) is 0 Å². The van der Waals surface area contributed by atoms with Gasteiger partial charge in [-0.2, -0.15) is 22.8 Å². The number of rotatable bonds is 9. The predicted octanol–water partition coefficient (Wildman–Crippen LogP) is 9.19. The summed E-state index contributed by atoms with van der Waals surface area (Å²) in [5, 5.41) is 8.48. The average Bonchev–Trinajstić information content (AvgIpc) is 2.82. The first-order valence-electron chi connectivity index (χ1n) is 12.8. The molecule has 5 heteroatoms. The molecule has 1 aromatic carbocycles. The monoisotopic (exact) mass is 463 g/mol. The number of hydrogen-bond donors (Lipinski definition) is 0. The van der Waals surface area contributed by atoms with Crippen molar-refractivity contribution in [2.75, 3.05) is 0 Å².